The molecule has 4 heteroatoms. The summed E-state index contributed by atoms with van der Waals surface area (Å²) in [7, 11) is 0. The number of hydrogen-bond donors (Lipinski definition) is 1. The molecule has 0 spiro atoms. The number of hydrogen-bond acceptors (Lipinski definition) is 3. The van der Waals surface area contributed by atoms with E-state index in [4.69, 9.17) is 4.74 Å². The number of carboxylic acid groups (broad SMARTS) is 1. The van der Waals surface area contributed by atoms with Crippen LogP contribution in [0.25, 0.3) is 11.1 Å². The summed E-state index contributed by atoms with van der Waals surface area (Å²) in [5, 5.41) is 9.30. The Hall–Kier alpha value is -2.62. The molecule has 0 aliphatic heterocycles. The molecule has 2 aromatic rings. The molecule has 0 aliphatic rings. The van der Waals surface area contributed by atoms with Gasteiger partial charge in [-0.15, -0.1) is 0 Å². The Balaban J connectivity index is 2.04. The largest absolute Gasteiger partial charge is 0.481 e. The molecule has 2 atom stereocenters. The molecule has 29 heavy (non-hydrogen) atoms. The van der Waals surface area contributed by atoms with Crippen molar-refractivity contribution >= 4 is 11.9 Å². The monoisotopic (exact) mass is 396 g/mol. The Morgan fingerprint density at radius 3 is 2.10 bits per heavy atom. The molecule has 1 N–H and O–H groups in total. The lowest BCUT2D eigenvalue weighted by Crippen LogP contribution is -2.24. The highest BCUT2D eigenvalue weighted by Crippen LogP contribution is 2.25. The standard InChI is InChI=1S/C25H32O4/c1-18(24(27)28)16-20(12-15-23(26)29-25(2,3)4)17-19-10-13-22(14-11-19)21-8-6-5-7-9-21/h5-11,13-14,18,20H,12,15-17H2,1-4H3,(H,27,28)/t18-,20+/m1/s1. The summed E-state index contributed by atoms with van der Waals surface area (Å²) < 4.78 is 5.40. The summed E-state index contributed by atoms with van der Waals surface area (Å²) in [5.74, 6) is -1.37. The number of esters is 1. The van der Waals surface area contributed by atoms with Gasteiger partial charge in [0.25, 0.3) is 0 Å². The van der Waals surface area contributed by atoms with Gasteiger partial charge < -0.3 is 9.84 Å². The van der Waals surface area contributed by atoms with Crippen LogP contribution < -0.4 is 0 Å². The van der Waals surface area contributed by atoms with Crippen LogP contribution in [0.3, 0.4) is 0 Å². The number of carbonyl (C=O) groups excluding carboxylic acids is 1. The van der Waals surface area contributed by atoms with Crippen LogP contribution in [0.4, 0.5) is 0 Å². The average Bonchev–Trinajstić information content (AvgIpc) is 2.66. The molecule has 0 heterocycles. The van der Waals surface area contributed by atoms with Crippen LogP contribution in [0.5, 0.6) is 0 Å². The third-order valence-electron chi connectivity index (χ3n) is 4.87. The summed E-state index contributed by atoms with van der Waals surface area (Å²) in [4.78, 5) is 23.4. The predicted octanol–water partition coefficient (Wildman–Crippen LogP) is 5.75. The third-order valence-corrected chi connectivity index (χ3v) is 4.87. The van der Waals surface area contributed by atoms with E-state index in [1.165, 1.54) is 5.56 Å². The van der Waals surface area contributed by atoms with Gasteiger partial charge in [-0.1, -0.05) is 61.5 Å². The van der Waals surface area contributed by atoms with Crippen LogP contribution in [0, 0.1) is 11.8 Å². The van der Waals surface area contributed by atoms with Crippen LogP contribution in [-0.4, -0.2) is 22.6 Å². The lowest BCUT2D eigenvalue weighted by Gasteiger charge is -2.22. The highest BCUT2D eigenvalue weighted by Gasteiger charge is 2.22. The first-order valence-electron chi connectivity index (χ1n) is 10.2. The molecule has 2 rings (SSSR count). The van der Waals surface area contributed by atoms with Crippen LogP contribution in [0.15, 0.2) is 54.6 Å². The van der Waals surface area contributed by atoms with Crippen molar-refractivity contribution in [1.29, 1.82) is 0 Å². The average molecular weight is 397 g/mol. The van der Waals surface area contributed by atoms with E-state index in [9.17, 15) is 14.7 Å². The quantitative estimate of drug-likeness (QED) is 0.549. The first-order valence-corrected chi connectivity index (χ1v) is 10.2. The fraction of sp³-hybridized carbons (Fsp3) is 0.440. The number of rotatable bonds is 9. The lowest BCUT2D eigenvalue weighted by atomic mass is 9.86. The smallest absolute Gasteiger partial charge is 0.306 e. The number of carbonyl (C=O) groups is 2. The molecule has 0 bridgehead atoms. The minimum absolute atomic E-state index is 0.108. The van der Waals surface area contributed by atoms with E-state index in [0.717, 1.165) is 17.5 Å². The molecule has 0 saturated heterocycles. The van der Waals surface area contributed by atoms with Crippen molar-refractivity contribution in [2.24, 2.45) is 11.8 Å². The zero-order valence-electron chi connectivity index (χ0n) is 17.9. The van der Waals surface area contributed by atoms with Crippen molar-refractivity contribution in [2.45, 2.75) is 59.0 Å². The fourth-order valence-corrected chi connectivity index (χ4v) is 3.42. The Bertz CT molecular complexity index is 788. The van der Waals surface area contributed by atoms with Crippen molar-refractivity contribution in [3.8, 4) is 11.1 Å². The summed E-state index contributed by atoms with van der Waals surface area (Å²) in [6.45, 7) is 7.27. The second kappa shape index (κ2) is 10.2. The zero-order chi connectivity index (χ0) is 21.4. The van der Waals surface area contributed by atoms with Gasteiger partial charge in [0.1, 0.15) is 5.60 Å². The van der Waals surface area contributed by atoms with Crippen molar-refractivity contribution in [3.05, 3.63) is 60.2 Å². The van der Waals surface area contributed by atoms with E-state index in [1.807, 2.05) is 39.0 Å². The maximum absolute atomic E-state index is 12.1. The molecule has 0 aliphatic carbocycles. The van der Waals surface area contributed by atoms with E-state index < -0.39 is 17.5 Å². The minimum Gasteiger partial charge on any atom is -0.481 e. The highest BCUT2D eigenvalue weighted by molar-refractivity contribution is 5.70. The zero-order valence-corrected chi connectivity index (χ0v) is 17.9. The van der Waals surface area contributed by atoms with Gasteiger partial charge in [0.05, 0.1) is 5.92 Å². The van der Waals surface area contributed by atoms with Crippen molar-refractivity contribution in [1.82, 2.24) is 0 Å². The maximum Gasteiger partial charge on any atom is 0.306 e. The van der Waals surface area contributed by atoms with Gasteiger partial charge in [-0.05, 0) is 62.6 Å². The van der Waals surface area contributed by atoms with E-state index in [-0.39, 0.29) is 11.9 Å². The molecule has 0 radical (unpaired) electrons. The van der Waals surface area contributed by atoms with Gasteiger partial charge in [0, 0.05) is 6.42 Å². The second-order valence-electron chi connectivity index (χ2n) is 8.73. The summed E-state index contributed by atoms with van der Waals surface area (Å²) in [5.41, 5.74) is 2.96. The highest BCUT2D eigenvalue weighted by atomic mass is 16.6. The third kappa shape index (κ3) is 8.10. The first-order chi connectivity index (χ1) is 13.6. The van der Waals surface area contributed by atoms with Gasteiger partial charge in [-0.25, -0.2) is 0 Å². The van der Waals surface area contributed by atoms with Gasteiger partial charge in [-0.2, -0.15) is 0 Å². The van der Waals surface area contributed by atoms with Gasteiger partial charge in [0.2, 0.25) is 0 Å². The molecule has 0 fully saturated rings. The summed E-state index contributed by atoms with van der Waals surface area (Å²) in [6.07, 6.45) is 2.21. The summed E-state index contributed by atoms with van der Waals surface area (Å²) in [6, 6.07) is 18.6. The van der Waals surface area contributed by atoms with Crippen LogP contribution in [-0.2, 0) is 20.7 Å². The maximum atomic E-state index is 12.1. The van der Waals surface area contributed by atoms with Gasteiger partial charge >= 0.3 is 11.9 Å². The van der Waals surface area contributed by atoms with Gasteiger partial charge in [-0.3, -0.25) is 9.59 Å². The van der Waals surface area contributed by atoms with Crippen molar-refractivity contribution in [3.63, 3.8) is 0 Å². The van der Waals surface area contributed by atoms with Gasteiger partial charge in [0.15, 0.2) is 0 Å². The number of benzene rings is 2. The fourth-order valence-electron chi connectivity index (χ4n) is 3.42. The number of aliphatic carboxylic acids is 1. The summed E-state index contributed by atoms with van der Waals surface area (Å²) >= 11 is 0. The molecule has 4 nitrogen and oxygen atoms in total. The van der Waals surface area contributed by atoms with Crippen LogP contribution >= 0.6 is 0 Å². The van der Waals surface area contributed by atoms with E-state index in [0.29, 0.717) is 19.3 Å². The minimum atomic E-state index is -0.799. The Morgan fingerprint density at radius 2 is 1.55 bits per heavy atom. The van der Waals surface area contributed by atoms with E-state index >= 15 is 0 Å². The van der Waals surface area contributed by atoms with E-state index in [2.05, 4.69) is 36.4 Å². The molecule has 156 valence electrons. The van der Waals surface area contributed by atoms with Crippen molar-refractivity contribution in [2.75, 3.05) is 0 Å². The molecule has 2 aromatic carbocycles. The molecular weight excluding hydrogens is 364 g/mol. The molecule has 0 amide bonds. The molecule has 0 unspecified atom stereocenters. The Kier molecular flexibility index (Phi) is 8.00. The second-order valence-corrected chi connectivity index (χ2v) is 8.73. The first kappa shape index (κ1) is 22.7. The Morgan fingerprint density at radius 1 is 0.966 bits per heavy atom. The number of carboxylic acids is 1. The molecule has 0 aromatic heterocycles. The van der Waals surface area contributed by atoms with Crippen LogP contribution in [0.1, 0.15) is 52.5 Å². The topological polar surface area (TPSA) is 63.6 Å². The molecule has 0 saturated carbocycles. The predicted molar refractivity (Wildman–Crippen MR) is 116 cm³/mol. The Labute approximate surface area is 173 Å². The molecular formula is C25H32O4. The number of ether oxygens (including phenoxy) is 1. The van der Waals surface area contributed by atoms with E-state index in [1.54, 1.807) is 6.92 Å². The van der Waals surface area contributed by atoms with Crippen LogP contribution in [0.2, 0.25) is 0 Å². The lowest BCUT2D eigenvalue weighted by molar-refractivity contribution is -0.155. The van der Waals surface area contributed by atoms with Crippen molar-refractivity contribution < 1.29 is 19.4 Å². The SMILES string of the molecule is C[C@H](C[C@H](CCC(=O)OC(C)(C)C)Cc1ccc(-c2ccccc2)cc1)C(=O)O. The normalized spacial score (nSPS) is 13.5.